The number of nitrogens with one attached hydrogen (secondary N) is 1. The van der Waals surface area contributed by atoms with Gasteiger partial charge in [-0.2, -0.15) is 0 Å². The quantitative estimate of drug-likeness (QED) is 0.824. The highest BCUT2D eigenvalue weighted by atomic mass is 16.1. The van der Waals surface area contributed by atoms with Gasteiger partial charge in [0, 0.05) is 31.2 Å². The summed E-state index contributed by atoms with van der Waals surface area (Å²) in [5, 5.41) is 3.69. The van der Waals surface area contributed by atoms with Gasteiger partial charge in [-0.1, -0.05) is 13.8 Å². The van der Waals surface area contributed by atoms with Crippen molar-refractivity contribution in [2.45, 2.75) is 27.7 Å². The molecule has 2 rings (SSSR count). The molecule has 0 unspecified atom stereocenters. The van der Waals surface area contributed by atoms with Crippen LogP contribution in [0.25, 0.3) is 10.9 Å². The van der Waals surface area contributed by atoms with Gasteiger partial charge in [0.1, 0.15) is 0 Å². The van der Waals surface area contributed by atoms with Crippen LogP contribution in [0.2, 0.25) is 0 Å². The smallest absolute Gasteiger partial charge is 0.253 e. The molecule has 0 bridgehead atoms. The van der Waals surface area contributed by atoms with E-state index < -0.39 is 0 Å². The molecule has 3 nitrogen and oxygen atoms in total. The van der Waals surface area contributed by atoms with Crippen molar-refractivity contribution in [2.75, 3.05) is 7.05 Å². The van der Waals surface area contributed by atoms with Crippen LogP contribution < -0.4 is 5.32 Å². The Bertz CT molecular complexity index is 567. The zero-order chi connectivity index (χ0) is 13.9. The lowest BCUT2D eigenvalue weighted by Crippen LogP contribution is -2.17. The number of hydrogen-bond donors (Lipinski definition) is 1. The fourth-order valence-electron chi connectivity index (χ4n) is 1.96. The van der Waals surface area contributed by atoms with E-state index in [0.29, 0.717) is 0 Å². The first-order valence-electron chi connectivity index (χ1n) is 6.33. The third kappa shape index (κ3) is 2.40. The summed E-state index contributed by atoms with van der Waals surface area (Å²) in [6.45, 7) is 8.15. The summed E-state index contributed by atoms with van der Waals surface area (Å²) in [7, 11) is 3.62. The Balaban J connectivity index is 0.000000771. The molecule has 1 aromatic heterocycles. The number of carbonyl (C=O) groups excluding carboxylic acids is 1. The Morgan fingerprint density at radius 1 is 1.17 bits per heavy atom. The largest absolute Gasteiger partial charge is 0.355 e. The first-order valence-corrected chi connectivity index (χ1v) is 6.33. The van der Waals surface area contributed by atoms with Crippen LogP contribution in [0.5, 0.6) is 0 Å². The van der Waals surface area contributed by atoms with Gasteiger partial charge in [-0.25, -0.2) is 0 Å². The number of rotatable bonds is 1. The molecule has 18 heavy (non-hydrogen) atoms. The van der Waals surface area contributed by atoms with Crippen molar-refractivity contribution >= 4 is 16.8 Å². The van der Waals surface area contributed by atoms with Crippen molar-refractivity contribution in [3.8, 4) is 0 Å². The van der Waals surface area contributed by atoms with E-state index in [1.165, 1.54) is 11.1 Å². The molecule has 0 aliphatic heterocycles. The predicted octanol–water partition coefficient (Wildman–Crippen LogP) is 3.18. The number of benzene rings is 1. The molecule has 98 valence electrons. The molecular weight excluding hydrogens is 224 g/mol. The van der Waals surface area contributed by atoms with Crippen molar-refractivity contribution < 1.29 is 4.79 Å². The molecule has 2 aromatic rings. The zero-order valence-electron chi connectivity index (χ0n) is 12.1. The third-order valence-electron chi connectivity index (χ3n) is 3.08. The maximum Gasteiger partial charge on any atom is 0.253 e. The van der Waals surface area contributed by atoms with Crippen molar-refractivity contribution in [1.82, 2.24) is 9.88 Å². The molecular formula is C15H22N2O. The standard InChI is InChI=1S/C13H16N2O.C2H6/c1-8-5-10-11(13(16)14-3)7-15(4)12(10)6-9(8)2;1-2/h5-7H,1-4H3,(H,14,16);1-2H3. The van der Waals surface area contributed by atoms with Gasteiger partial charge in [0.2, 0.25) is 0 Å². The second-order valence-corrected chi connectivity index (χ2v) is 4.19. The van der Waals surface area contributed by atoms with Gasteiger partial charge in [0.05, 0.1) is 5.56 Å². The minimum atomic E-state index is -0.0335. The van der Waals surface area contributed by atoms with E-state index in [-0.39, 0.29) is 5.91 Å². The highest BCUT2D eigenvalue weighted by Crippen LogP contribution is 2.24. The van der Waals surface area contributed by atoms with E-state index >= 15 is 0 Å². The van der Waals surface area contributed by atoms with Crippen molar-refractivity contribution in [1.29, 1.82) is 0 Å². The number of carbonyl (C=O) groups is 1. The Labute approximate surface area is 109 Å². The summed E-state index contributed by atoms with van der Waals surface area (Å²) in [5.74, 6) is -0.0335. The van der Waals surface area contributed by atoms with Crippen LogP contribution in [0.15, 0.2) is 18.3 Å². The van der Waals surface area contributed by atoms with Gasteiger partial charge in [0.25, 0.3) is 5.91 Å². The minimum absolute atomic E-state index is 0.0335. The number of aromatic nitrogens is 1. The van der Waals surface area contributed by atoms with E-state index in [2.05, 4.69) is 31.3 Å². The number of hydrogen-bond acceptors (Lipinski definition) is 1. The topological polar surface area (TPSA) is 34.0 Å². The molecule has 0 aliphatic rings. The van der Waals surface area contributed by atoms with Crippen LogP contribution in [0.4, 0.5) is 0 Å². The number of aryl methyl sites for hydroxylation is 3. The first kappa shape index (κ1) is 14.3. The average molecular weight is 246 g/mol. The summed E-state index contributed by atoms with van der Waals surface area (Å²) in [4.78, 5) is 11.7. The van der Waals surface area contributed by atoms with E-state index in [4.69, 9.17) is 0 Å². The summed E-state index contributed by atoms with van der Waals surface area (Å²) in [6.07, 6.45) is 1.88. The molecule has 1 N–H and O–H groups in total. The van der Waals surface area contributed by atoms with Crippen LogP contribution in [0.3, 0.4) is 0 Å². The lowest BCUT2D eigenvalue weighted by molar-refractivity contribution is 0.0964. The molecule has 0 saturated carbocycles. The lowest BCUT2D eigenvalue weighted by atomic mass is 10.1. The lowest BCUT2D eigenvalue weighted by Gasteiger charge is -2.02. The Morgan fingerprint density at radius 2 is 1.72 bits per heavy atom. The van der Waals surface area contributed by atoms with Crippen LogP contribution in [-0.2, 0) is 7.05 Å². The molecule has 1 amide bonds. The van der Waals surface area contributed by atoms with Crippen LogP contribution in [0, 0.1) is 13.8 Å². The monoisotopic (exact) mass is 246 g/mol. The van der Waals surface area contributed by atoms with Crippen LogP contribution in [0.1, 0.15) is 35.3 Å². The van der Waals surface area contributed by atoms with E-state index in [1.54, 1.807) is 7.05 Å². The molecule has 0 radical (unpaired) electrons. The second kappa shape index (κ2) is 5.71. The molecule has 0 aliphatic carbocycles. The summed E-state index contributed by atoms with van der Waals surface area (Å²) < 4.78 is 1.99. The van der Waals surface area contributed by atoms with E-state index in [1.807, 2.05) is 31.7 Å². The fourth-order valence-corrected chi connectivity index (χ4v) is 1.96. The molecule has 0 saturated heterocycles. The van der Waals surface area contributed by atoms with Crippen molar-refractivity contribution in [3.05, 3.63) is 35.0 Å². The first-order chi connectivity index (χ1) is 8.54. The number of fused-ring (bicyclic) bond motifs is 1. The van der Waals surface area contributed by atoms with Crippen molar-refractivity contribution in [3.63, 3.8) is 0 Å². The highest BCUT2D eigenvalue weighted by Gasteiger charge is 2.13. The molecule has 0 fully saturated rings. The maximum absolute atomic E-state index is 11.7. The summed E-state index contributed by atoms with van der Waals surface area (Å²) in [5.41, 5.74) is 4.30. The summed E-state index contributed by atoms with van der Waals surface area (Å²) in [6, 6.07) is 4.20. The predicted molar refractivity (Wildman–Crippen MR) is 77.1 cm³/mol. The third-order valence-corrected chi connectivity index (χ3v) is 3.08. The average Bonchev–Trinajstić information content (AvgIpc) is 2.69. The minimum Gasteiger partial charge on any atom is -0.355 e. The number of nitrogens with zero attached hydrogens (tertiary/aromatic N) is 1. The van der Waals surface area contributed by atoms with E-state index in [9.17, 15) is 4.79 Å². The zero-order valence-corrected chi connectivity index (χ0v) is 12.1. The van der Waals surface area contributed by atoms with Gasteiger partial charge in [0.15, 0.2) is 0 Å². The van der Waals surface area contributed by atoms with Gasteiger partial charge < -0.3 is 9.88 Å². The molecule has 1 aromatic carbocycles. The van der Waals surface area contributed by atoms with Gasteiger partial charge in [-0.15, -0.1) is 0 Å². The van der Waals surface area contributed by atoms with Gasteiger partial charge in [-0.05, 0) is 37.1 Å². The van der Waals surface area contributed by atoms with Gasteiger partial charge in [-0.3, -0.25) is 4.79 Å². The Kier molecular flexibility index (Phi) is 4.54. The van der Waals surface area contributed by atoms with E-state index in [0.717, 1.165) is 16.5 Å². The second-order valence-electron chi connectivity index (χ2n) is 4.19. The molecule has 0 atom stereocenters. The van der Waals surface area contributed by atoms with Gasteiger partial charge >= 0.3 is 0 Å². The van der Waals surface area contributed by atoms with Crippen LogP contribution in [-0.4, -0.2) is 17.5 Å². The molecule has 3 heteroatoms. The molecule has 1 heterocycles. The Morgan fingerprint density at radius 3 is 2.28 bits per heavy atom. The highest BCUT2D eigenvalue weighted by molar-refractivity contribution is 6.07. The fraction of sp³-hybridized carbons (Fsp3) is 0.400. The normalized spacial score (nSPS) is 9.89. The van der Waals surface area contributed by atoms with Crippen molar-refractivity contribution in [2.24, 2.45) is 7.05 Å². The molecule has 0 spiro atoms. The maximum atomic E-state index is 11.7. The summed E-state index contributed by atoms with van der Waals surface area (Å²) >= 11 is 0. The Hall–Kier alpha value is -1.77. The SMILES string of the molecule is CC.CNC(=O)c1cn(C)c2cc(C)c(C)cc12. The van der Waals surface area contributed by atoms with Crippen LogP contribution >= 0.6 is 0 Å². The number of amides is 1.